The molecule has 0 bridgehead atoms. The molecule has 0 spiro atoms. The number of hydrogen-bond acceptors (Lipinski definition) is 11. The van der Waals surface area contributed by atoms with Gasteiger partial charge in [-0.1, -0.05) is 77.6 Å². The van der Waals surface area contributed by atoms with Crippen molar-refractivity contribution in [3.63, 3.8) is 0 Å². The molecule has 0 aromatic heterocycles. The van der Waals surface area contributed by atoms with Crippen LogP contribution >= 0.6 is 0 Å². The molecule has 2 aliphatic rings. The zero-order valence-electron chi connectivity index (χ0n) is 22.2. The van der Waals surface area contributed by atoms with Gasteiger partial charge in [0.05, 0.1) is 13.2 Å². The van der Waals surface area contributed by atoms with Gasteiger partial charge in [-0.2, -0.15) is 0 Å². The molecule has 1 unspecified atom stereocenters. The Balaban J connectivity index is 1.99. The number of aliphatic hydroxyl groups excluding tert-OH is 8. The molecule has 0 aliphatic carbocycles. The molecule has 0 amide bonds. The van der Waals surface area contributed by atoms with Gasteiger partial charge in [0.15, 0.2) is 0 Å². The highest BCUT2D eigenvalue weighted by atomic mass is 16.8. The van der Waals surface area contributed by atoms with Crippen molar-refractivity contribution in [2.75, 3.05) is 19.8 Å². The monoisotopic (exact) mass is 538 g/mol. The summed E-state index contributed by atoms with van der Waals surface area (Å²) in [5.74, 6) is -4.34. The first-order valence-corrected chi connectivity index (χ1v) is 14.0. The smallest absolute Gasteiger partial charge is 0.224 e. The second kappa shape index (κ2) is 16.0. The predicted octanol–water partition coefficient (Wildman–Crippen LogP) is 0.0658. The minimum atomic E-state index is -2.27. The third-order valence-corrected chi connectivity index (χ3v) is 7.67. The summed E-state index contributed by atoms with van der Waals surface area (Å²) >= 11 is 0. The third-order valence-electron chi connectivity index (χ3n) is 7.67. The van der Waals surface area contributed by atoms with E-state index in [0.29, 0.717) is 6.42 Å². The minimum absolute atomic E-state index is 0.0103. The molecule has 2 aliphatic heterocycles. The van der Waals surface area contributed by atoms with Crippen molar-refractivity contribution in [1.29, 1.82) is 0 Å². The lowest BCUT2D eigenvalue weighted by Gasteiger charge is -2.51. The van der Waals surface area contributed by atoms with Crippen LogP contribution in [0.3, 0.4) is 0 Å². The number of aliphatic hydroxyl groups is 8. The number of ether oxygens (including phenoxy) is 3. The van der Waals surface area contributed by atoms with Crippen LogP contribution in [0, 0.1) is 0 Å². The summed E-state index contributed by atoms with van der Waals surface area (Å²) < 4.78 is 17.2. The Bertz CT molecular complexity index is 623. The average molecular weight is 539 g/mol. The van der Waals surface area contributed by atoms with E-state index in [2.05, 4.69) is 6.92 Å². The van der Waals surface area contributed by atoms with Gasteiger partial charge in [-0.3, -0.25) is 0 Å². The van der Waals surface area contributed by atoms with Crippen molar-refractivity contribution in [3.05, 3.63) is 0 Å². The van der Waals surface area contributed by atoms with Crippen LogP contribution in [0.2, 0.25) is 0 Å². The largest absolute Gasteiger partial charge is 0.394 e. The maximum Gasteiger partial charge on any atom is 0.224 e. The molecule has 220 valence electrons. The summed E-state index contributed by atoms with van der Waals surface area (Å²) in [4.78, 5) is 0. The van der Waals surface area contributed by atoms with E-state index in [0.717, 1.165) is 25.7 Å². The highest BCUT2D eigenvalue weighted by Crippen LogP contribution is 2.43. The fraction of sp³-hybridized carbons (Fsp3) is 1.00. The van der Waals surface area contributed by atoms with Gasteiger partial charge in [-0.15, -0.1) is 0 Å². The lowest BCUT2D eigenvalue weighted by atomic mass is 9.88. The SMILES string of the molecule is CCCCCCCCCCCCCC[C@@]1(OC2(CO)O[C@H](CO)[C@@H](O)[C@@H]2O)O[C@H](CO)[C@@H](O)[C@H](O)[C@H]1O. The van der Waals surface area contributed by atoms with Gasteiger partial charge >= 0.3 is 0 Å². The van der Waals surface area contributed by atoms with E-state index >= 15 is 0 Å². The van der Waals surface area contributed by atoms with Crippen molar-refractivity contribution in [1.82, 2.24) is 0 Å². The highest BCUT2D eigenvalue weighted by Gasteiger charge is 2.63. The number of hydrogen-bond donors (Lipinski definition) is 8. The molecule has 9 atom stereocenters. The quantitative estimate of drug-likeness (QED) is 0.110. The van der Waals surface area contributed by atoms with Gasteiger partial charge in [-0.25, -0.2) is 0 Å². The summed E-state index contributed by atoms with van der Waals surface area (Å²) in [6.07, 6.45) is 1.96. The summed E-state index contributed by atoms with van der Waals surface area (Å²) in [7, 11) is 0. The molecule has 2 fully saturated rings. The van der Waals surface area contributed by atoms with Crippen LogP contribution in [0.15, 0.2) is 0 Å². The van der Waals surface area contributed by atoms with E-state index in [1.54, 1.807) is 0 Å². The maximum absolute atomic E-state index is 10.9. The van der Waals surface area contributed by atoms with E-state index in [1.165, 1.54) is 44.9 Å². The molecule has 8 N–H and O–H groups in total. The zero-order chi connectivity index (χ0) is 27.5. The zero-order valence-corrected chi connectivity index (χ0v) is 22.2. The number of rotatable bonds is 18. The first-order chi connectivity index (χ1) is 17.7. The second-order valence-electron chi connectivity index (χ2n) is 10.6. The summed E-state index contributed by atoms with van der Waals surface area (Å²) in [5.41, 5.74) is 0. The molecular formula is C26H50O11. The molecular weight excluding hydrogens is 488 g/mol. The molecule has 11 heteroatoms. The van der Waals surface area contributed by atoms with Crippen molar-refractivity contribution in [2.24, 2.45) is 0 Å². The maximum atomic E-state index is 10.9. The van der Waals surface area contributed by atoms with E-state index in [4.69, 9.17) is 14.2 Å². The van der Waals surface area contributed by atoms with Gasteiger partial charge < -0.3 is 55.1 Å². The predicted molar refractivity (Wildman–Crippen MR) is 133 cm³/mol. The first-order valence-electron chi connectivity index (χ1n) is 14.0. The molecule has 2 heterocycles. The standard InChI is InChI=1S/C26H50O11/c1-2-3-4-5-6-7-8-9-10-11-12-13-14-25(24(34)22(32)20(30)18(15-27)35-25)37-26(17-29)23(33)21(31)19(16-28)36-26/h18-24,27-34H,2-17H2,1H3/t18-,19-,20-,21-,22+,23+,24-,25+,26?/m1/s1. The average Bonchev–Trinajstić information content (AvgIpc) is 3.14. The van der Waals surface area contributed by atoms with E-state index in [9.17, 15) is 40.9 Å². The van der Waals surface area contributed by atoms with Crippen molar-refractivity contribution in [2.45, 2.75) is 145 Å². The summed E-state index contributed by atoms with van der Waals surface area (Å²) in [5, 5.41) is 81.7. The van der Waals surface area contributed by atoms with Gasteiger partial charge in [0, 0.05) is 6.42 Å². The normalized spacial score (nSPS) is 38.4. The van der Waals surface area contributed by atoms with Crippen LogP contribution in [0.5, 0.6) is 0 Å². The van der Waals surface area contributed by atoms with Crippen LogP contribution in [0.1, 0.15) is 90.4 Å². The van der Waals surface area contributed by atoms with Gasteiger partial charge in [0.1, 0.15) is 49.3 Å². The molecule has 37 heavy (non-hydrogen) atoms. The second-order valence-corrected chi connectivity index (χ2v) is 10.6. The lowest BCUT2D eigenvalue weighted by molar-refractivity contribution is -0.435. The topological polar surface area (TPSA) is 190 Å². The minimum Gasteiger partial charge on any atom is -0.394 e. The van der Waals surface area contributed by atoms with Crippen molar-refractivity contribution in [3.8, 4) is 0 Å². The first kappa shape index (κ1) is 32.8. The molecule has 0 aromatic carbocycles. The number of unbranched alkanes of at least 4 members (excludes halogenated alkanes) is 11. The Kier molecular flexibility index (Phi) is 14.2. The fourth-order valence-electron chi connectivity index (χ4n) is 5.31. The van der Waals surface area contributed by atoms with Crippen LogP contribution in [0.4, 0.5) is 0 Å². The van der Waals surface area contributed by atoms with Crippen LogP contribution in [0.25, 0.3) is 0 Å². The van der Waals surface area contributed by atoms with E-state index < -0.39 is 74.1 Å². The highest BCUT2D eigenvalue weighted by molar-refractivity contribution is 5.02. The van der Waals surface area contributed by atoms with Gasteiger partial charge in [-0.05, 0) is 6.42 Å². The van der Waals surface area contributed by atoms with Crippen molar-refractivity contribution < 1.29 is 55.1 Å². The Hall–Kier alpha value is -0.440. The Labute approximate surface area is 220 Å². The fourth-order valence-corrected chi connectivity index (χ4v) is 5.31. The molecule has 2 saturated heterocycles. The Morgan fingerprint density at radius 2 is 1.00 bits per heavy atom. The lowest BCUT2D eigenvalue weighted by Crippen LogP contribution is -2.69. The van der Waals surface area contributed by atoms with Crippen LogP contribution in [-0.2, 0) is 14.2 Å². The third kappa shape index (κ3) is 8.28. The Morgan fingerprint density at radius 3 is 1.46 bits per heavy atom. The van der Waals surface area contributed by atoms with Gasteiger partial charge in [0.2, 0.25) is 11.6 Å². The van der Waals surface area contributed by atoms with Crippen LogP contribution < -0.4 is 0 Å². The summed E-state index contributed by atoms with van der Waals surface area (Å²) in [6.45, 7) is -0.107. The summed E-state index contributed by atoms with van der Waals surface area (Å²) in [6, 6.07) is 0. The molecule has 11 nitrogen and oxygen atoms in total. The van der Waals surface area contributed by atoms with Crippen LogP contribution in [-0.4, -0.2) is 115 Å². The van der Waals surface area contributed by atoms with E-state index in [1.807, 2.05) is 0 Å². The van der Waals surface area contributed by atoms with Gasteiger partial charge in [0.25, 0.3) is 0 Å². The molecule has 2 rings (SSSR count). The van der Waals surface area contributed by atoms with Crippen molar-refractivity contribution >= 4 is 0 Å². The Morgan fingerprint density at radius 1 is 0.568 bits per heavy atom. The van der Waals surface area contributed by atoms with E-state index in [-0.39, 0.29) is 6.42 Å². The molecule has 0 aromatic rings. The molecule has 0 saturated carbocycles. The molecule has 0 radical (unpaired) electrons.